The maximum atomic E-state index is 14.0. The van der Waals surface area contributed by atoms with Crippen LogP contribution in [0.1, 0.15) is 39.0 Å². The van der Waals surface area contributed by atoms with Gasteiger partial charge in [0.1, 0.15) is 12.0 Å². The molecule has 1 heterocycles. The van der Waals surface area contributed by atoms with Crippen molar-refractivity contribution in [2.45, 2.75) is 51.6 Å². The van der Waals surface area contributed by atoms with Crippen molar-refractivity contribution in [1.82, 2.24) is 4.90 Å². The summed E-state index contributed by atoms with van der Waals surface area (Å²) in [6, 6.07) is 0. The van der Waals surface area contributed by atoms with Gasteiger partial charge in [-0.1, -0.05) is 6.92 Å². The zero-order chi connectivity index (χ0) is 14.7. The van der Waals surface area contributed by atoms with E-state index in [1.165, 1.54) is 7.11 Å². The van der Waals surface area contributed by atoms with E-state index >= 15 is 0 Å². The molecule has 0 saturated carbocycles. The van der Waals surface area contributed by atoms with Gasteiger partial charge in [-0.3, -0.25) is 4.90 Å². The Morgan fingerprint density at radius 3 is 2.50 bits per heavy atom. The minimum atomic E-state index is -1.11. The minimum Gasteiger partial charge on any atom is -0.356 e. The summed E-state index contributed by atoms with van der Waals surface area (Å²) in [6.45, 7) is 3.25. The summed E-state index contributed by atoms with van der Waals surface area (Å²) < 4.78 is 32.8. The molecule has 1 N–H and O–H groups in total. The molecule has 0 bridgehead atoms. The molecule has 2 aliphatic rings. The summed E-state index contributed by atoms with van der Waals surface area (Å²) in [5.41, 5.74) is 0.369. The van der Waals surface area contributed by atoms with E-state index in [-0.39, 0.29) is 11.7 Å². The van der Waals surface area contributed by atoms with Gasteiger partial charge in [-0.05, 0) is 43.1 Å². The van der Waals surface area contributed by atoms with Gasteiger partial charge < -0.3 is 9.84 Å². The third-order valence-corrected chi connectivity index (χ3v) is 4.82. The second-order valence-corrected chi connectivity index (χ2v) is 5.89. The van der Waals surface area contributed by atoms with Crippen LogP contribution in [0, 0.1) is 11.8 Å². The van der Waals surface area contributed by atoms with Gasteiger partial charge in [-0.2, -0.15) is 0 Å². The molecule has 1 fully saturated rings. The average molecular weight is 289 g/mol. The first-order valence-corrected chi connectivity index (χ1v) is 7.53. The zero-order valence-electron chi connectivity index (χ0n) is 12.3. The molecular formula is C15H25F2NO2. The first-order chi connectivity index (χ1) is 9.56. The quantitative estimate of drug-likeness (QED) is 0.808. The number of hydrogen-bond acceptors (Lipinski definition) is 3. The second kappa shape index (κ2) is 6.96. The molecule has 0 aromatic carbocycles. The lowest BCUT2D eigenvalue weighted by molar-refractivity contribution is -0.185. The van der Waals surface area contributed by atoms with Gasteiger partial charge >= 0.3 is 0 Å². The van der Waals surface area contributed by atoms with E-state index in [9.17, 15) is 13.9 Å². The van der Waals surface area contributed by atoms with Crippen molar-refractivity contribution < 1.29 is 18.6 Å². The van der Waals surface area contributed by atoms with Crippen molar-refractivity contribution >= 4 is 0 Å². The van der Waals surface area contributed by atoms with Gasteiger partial charge in [0.15, 0.2) is 0 Å². The number of aliphatic hydroxyl groups excluding tert-OH is 1. The summed E-state index contributed by atoms with van der Waals surface area (Å²) in [5.74, 6) is 0.218. The fraction of sp³-hybridized carbons (Fsp3) is 0.867. The number of hydrogen-bond donors (Lipinski definition) is 1. The Bertz CT molecular complexity index is 354. The molecule has 0 spiro atoms. The van der Waals surface area contributed by atoms with Gasteiger partial charge in [0, 0.05) is 26.6 Å². The zero-order valence-corrected chi connectivity index (χ0v) is 12.3. The summed E-state index contributed by atoms with van der Waals surface area (Å²) in [4.78, 5) is 1.86. The number of rotatable bonds is 4. The van der Waals surface area contributed by atoms with Crippen LogP contribution < -0.4 is 0 Å². The van der Waals surface area contributed by atoms with Crippen molar-refractivity contribution in [3.63, 3.8) is 0 Å². The molecule has 2 unspecified atom stereocenters. The van der Waals surface area contributed by atoms with Gasteiger partial charge in [0.2, 0.25) is 6.41 Å². The molecule has 20 heavy (non-hydrogen) atoms. The average Bonchev–Trinajstić information content (AvgIpc) is 2.46. The van der Waals surface area contributed by atoms with Crippen LogP contribution in [0.15, 0.2) is 11.4 Å². The van der Waals surface area contributed by atoms with Crippen LogP contribution in [-0.4, -0.2) is 42.8 Å². The first-order valence-electron chi connectivity index (χ1n) is 7.53. The van der Waals surface area contributed by atoms with E-state index < -0.39 is 12.6 Å². The van der Waals surface area contributed by atoms with Crippen LogP contribution in [-0.2, 0) is 4.74 Å². The molecule has 0 aromatic heterocycles. The highest BCUT2D eigenvalue weighted by atomic mass is 19.1. The number of alkyl halides is 1. The second-order valence-electron chi connectivity index (χ2n) is 5.89. The summed E-state index contributed by atoms with van der Waals surface area (Å²) >= 11 is 0. The van der Waals surface area contributed by atoms with Crippen LogP contribution in [0.3, 0.4) is 0 Å². The molecule has 1 aliphatic heterocycles. The number of nitrogens with zero attached hydrogens (tertiary/aromatic N) is 1. The Labute approximate surface area is 119 Å². The highest BCUT2D eigenvalue weighted by molar-refractivity contribution is 5.17. The third kappa shape index (κ3) is 3.38. The largest absolute Gasteiger partial charge is 0.356 e. The summed E-state index contributed by atoms with van der Waals surface area (Å²) in [6.07, 6.45) is 1.08. The number of ether oxygens (including phenoxy) is 1. The van der Waals surface area contributed by atoms with E-state index in [4.69, 9.17) is 4.74 Å². The topological polar surface area (TPSA) is 32.7 Å². The molecule has 5 heteroatoms. The Hall–Kier alpha value is -0.520. The van der Waals surface area contributed by atoms with E-state index in [1.54, 1.807) is 0 Å². The lowest BCUT2D eigenvalue weighted by atomic mass is 9.75. The monoisotopic (exact) mass is 289 g/mol. The van der Waals surface area contributed by atoms with E-state index in [2.05, 4.69) is 0 Å². The molecule has 3 nitrogen and oxygen atoms in total. The lowest BCUT2D eigenvalue weighted by Crippen LogP contribution is -2.44. The smallest absolute Gasteiger partial charge is 0.215 e. The predicted octanol–water partition coefficient (Wildman–Crippen LogP) is 3.00. The van der Waals surface area contributed by atoms with Gasteiger partial charge in [0.25, 0.3) is 0 Å². The van der Waals surface area contributed by atoms with E-state index in [1.807, 2.05) is 11.8 Å². The molecule has 0 radical (unpaired) electrons. The summed E-state index contributed by atoms with van der Waals surface area (Å²) in [5, 5.41) is 9.61. The van der Waals surface area contributed by atoms with Crippen molar-refractivity contribution in [1.29, 1.82) is 0 Å². The lowest BCUT2D eigenvalue weighted by Gasteiger charge is -2.39. The minimum absolute atomic E-state index is 0.0992. The maximum Gasteiger partial charge on any atom is 0.215 e. The Morgan fingerprint density at radius 2 is 2.00 bits per heavy atom. The number of aliphatic hydroxyl groups is 1. The van der Waals surface area contributed by atoms with Crippen LogP contribution in [0.4, 0.5) is 8.78 Å². The van der Waals surface area contributed by atoms with Crippen LogP contribution in [0.25, 0.3) is 0 Å². The van der Waals surface area contributed by atoms with Crippen molar-refractivity contribution in [2.75, 3.05) is 20.2 Å². The molecule has 116 valence electrons. The van der Waals surface area contributed by atoms with Crippen molar-refractivity contribution in [3.8, 4) is 0 Å². The van der Waals surface area contributed by atoms with Crippen molar-refractivity contribution in [3.05, 3.63) is 11.4 Å². The summed E-state index contributed by atoms with van der Waals surface area (Å²) in [7, 11) is 1.47. The third-order valence-electron chi connectivity index (χ3n) is 4.82. The van der Waals surface area contributed by atoms with Crippen LogP contribution in [0.5, 0.6) is 0 Å². The molecule has 3 atom stereocenters. The highest BCUT2D eigenvalue weighted by Crippen LogP contribution is 2.40. The van der Waals surface area contributed by atoms with Crippen LogP contribution in [0.2, 0.25) is 0 Å². The number of allylic oxidation sites excluding steroid dienone is 2. The Balaban J connectivity index is 1.91. The number of methoxy groups -OCH3 is 1. The fourth-order valence-corrected chi connectivity index (χ4v) is 3.56. The normalized spacial score (nSPS) is 31.6. The molecule has 1 aliphatic carbocycles. The molecule has 1 saturated heterocycles. The van der Waals surface area contributed by atoms with Crippen molar-refractivity contribution in [2.24, 2.45) is 11.8 Å². The number of halogens is 2. The first kappa shape index (κ1) is 15.9. The highest BCUT2D eigenvalue weighted by Gasteiger charge is 2.35. The SMILES string of the molecule is CCC1=C(F)CC(C2CCN([C@H](O)OC)CC2)CC1F. The number of likely N-dealkylation sites (tertiary alicyclic amines) is 1. The fourth-order valence-electron chi connectivity index (χ4n) is 3.56. The van der Waals surface area contributed by atoms with Gasteiger partial charge in [0.05, 0.1) is 0 Å². The number of piperidine rings is 1. The molecule has 0 amide bonds. The standard InChI is InChI=1S/C15H25F2NO2/c1-3-12-13(16)8-11(9-14(12)17)10-4-6-18(7-5-10)15(19)20-2/h10-11,13,15,19H,3-9H2,1-2H3/t11?,13?,15-/m1/s1. The Kier molecular flexibility index (Phi) is 5.52. The van der Waals surface area contributed by atoms with Gasteiger partial charge in [-0.15, -0.1) is 0 Å². The maximum absolute atomic E-state index is 14.0. The molecular weight excluding hydrogens is 264 g/mol. The predicted molar refractivity (Wildman–Crippen MR) is 73.4 cm³/mol. The van der Waals surface area contributed by atoms with Crippen LogP contribution >= 0.6 is 0 Å². The van der Waals surface area contributed by atoms with Gasteiger partial charge in [-0.25, -0.2) is 8.78 Å². The molecule has 2 rings (SSSR count). The Morgan fingerprint density at radius 1 is 1.35 bits per heavy atom. The molecule has 0 aromatic rings. The van der Waals surface area contributed by atoms with E-state index in [0.717, 1.165) is 25.9 Å². The van der Waals surface area contributed by atoms with E-state index in [0.29, 0.717) is 30.8 Å².